The standard InChI is InChI=1S/C26H26N2O4S/c1-2-3-6-15-32-19-12-10-18(11-13-19)24(29)22-23(21-9-4-5-14-27-21)28(26(31)25(22)30)17-20-8-7-16-33-20/h4-5,7-14,16,23,29H,2-3,6,15,17H2,1H3/b24-22-. The minimum absolute atomic E-state index is 0.0480. The van der Waals surface area contributed by atoms with Crippen LogP contribution < -0.4 is 4.74 Å². The summed E-state index contributed by atoms with van der Waals surface area (Å²) in [6, 6.07) is 15.3. The fourth-order valence-corrected chi connectivity index (χ4v) is 4.57. The van der Waals surface area contributed by atoms with Gasteiger partial charge in [0.1, 0.15) is 17.6 Å². The average Bonchev–Trinajstić information content (AvgIpc) is 3.45. The van der Waals surface area contributed by atoms with Gasteiger partial charge in [-0.1, -0.05) is 31.9 Å². The first-order valence-electron chi connectivity index (χ1n) is 11.0. The highest BCUT2D eigenvalue weighted by atomic mass is 32.1. The number of carbonyl (C=O) groups excluding carboxylic acids is 2. The topological polar surface area (TPSA) is 79.7 Å². The largest absolute Gasteiger partial charge is 0.507 e. The van der Waals surface area contributed by atoms with E-state index in [9.17, 15) is 14.7 Å². The van der Waals surface area contributed by atoms with Gasteiger partial charge in [0.15, 0.2) is 0 Å². The fourth-order valence-electron chi connectivity index (χ4n) is 3.87. The van der Waals surface area contributed by atoms with Gasteiger partial charge in [0.25, 0.3) is 11.7 Å². The van der Waals surface area contributed by atoms with Crippen LogP contribution in [-0.2, 0) is 16.1 Å². The summed E-state index contributed by atoms with van der Waals surface area (Å²) in [5.41, 5.74) is 1.03. The van der Waals surface area contributed by atoms with Crippen molar-refractivity contribution in [3.05, 3.63) is 87.9 Å². The number of aliphatic hydroxyl groups is 1. The van der Waals surface area contributed by atoms with Crippen molar-refractivity contribution in [3.63, 3.8) is 0 Å². The maximum atomic E-state index is 13.1. The Labute approximate surface area is 197 Å². The van der Waals surface area contributed by atoms with Gasteiger partial charge in [-0.25, -0.2) is 0 Å². The second-order valence-corrected chi connectivity index (χ2v) is 8.87. The Kier molecular flexibility index (Phi) is 7.19. The minimum atomic E-state index is -0.765. The zero-order valence-corrected chi connectivity index (χ0v) is 19.3. The molecule has 1 amide bonds. The molecule has 6 nitrogen and oxygen atoms in total. The van der Waals surface area contributed by atoms with Crippen molar-refractivity contribution in [2.24, 2.45) is 0 Å². The molecule has 0 bridgehead atoms. The van der Waals surface area contributed by atoms with E-state index < -0.39 is 17.7 Å². The third-order valence-corrected chi connectivity index (χ3v) is 6.42. The molecule has 0 saturated carbocycles. The molecule has 33 heavy (non-hydrogen) atoms. The number of aromatic nitrogens is 1. The van der Waals surface area contributed by atoms with Gasteiger partial charge < -0.3 is 14.7 Å². The van der Waals surface area contributed by atoms with Gasteiger partial charge in [0, 0.05) is 16.6 Å². The molecule has 0 aliphatic carbocycles. The first-order chi connectivity index (χ1) is 16.1. The van der Waals surface area contributed by atoms with Gasteiger partial charge in [0.05, 0.1) is 24.4 Å². The number of amides is 1. The molecule has 1 N–H and O–H groups in total. The molecule has 3 aromatic rings. The number of thiophene rings is 1. The van der Waals surface area contributed by atoms with Crippen LogP contribution in [-0.4, -0.2) is 33.3 Å². The third-order valence-electron chi connectivity index (χ3n) is 5.56. The van der Waals surface area contributed by atoms with Crippen LogP contribution >= 0.6 is 11.3 Å². The van der Waals surface area contributed by atoms with Crippen molar-refractivity contribution in [1.82, 2.24) is 9.88 Å². The summed E-state index contributed by atoms with van der Waals surface area (Å²) < 4.78 is 5.74. The Morgan fingerprint density at radius 1 is 1.09 bits per heavy atom. The van der Waals surface area contributed by atoms with Crippen LogP contribution in [0.15, 0.2) is 71.7 Å². The minimum Gasteiger partial charge on any atom is -0.507 e. The summed E-state index contributed by atoms with van der Waals surface area (Å²) in [5, 5.41) is 13.1. The summed E-state index contributed by atoms with van der Waals surface area (Å²) in [4.78, 5) is 32.8. The number of pyridine rings is 1. The van der Waals surface area contributed by atoms with Crippen molar-refractivity contribution in [1.29, 1.82) is 0 Å². The number of unbranched alkanes of at least 4 members (excludes halogenated alkanes) is 2. The molecule has 170 valence electrons. The number of ether oxygens (including phenoxy) is 1. The lowest BCUT2D eigenvalue weighted by Gasteiger charge is -2.24. The SMILES string of the molecule is CCCCCOc1ccc(/C(O)=C2/C(=O)C(=O)N(Cc3cccs3)C2c2ccccn2)cc1. The van der Waals surface area contributed by atoms with E-state index in [1.807, 2.05) is 17.5 Å². The summed E-state index contributed by atoms with van der Waals surface area (Å²) in [6.45, 7) is 3.04. The third kappa shape index (κ3) is 4.98. The van der Waals surface area contributed by atoms with Gasteiger partial charge >= 0.3 is 0 Å². The zero-order valence-electron chi connectivity index (χ0n) is 18.4. The number of likely N-dealkylation sites (tertiary alicyclic amines) is 1. The van der Waals surface area contributed by atoms with Crippen molar-refractivity contribution in [2.75, 3.05) is 6.61 Å². The van der Waals surface area contributed by atoms with Crippen LogP contribution in [0.5, 0.6) is 5.75 Å². The molecule has 1 saturated heterocycles. The lowest BCUT2D eigenvalue weighted by Crippen LogP contribution is -2.29. The van der Waals surface area contributed by atoms with E-state index in [-0.39, 0.29) is 17.9 Å². The molecular formula is C26H26N2O4S. The van der Waals surface area contributed by atoms with E-state index in [1.54, 1.807) is 48.7 Å². The molecular weight excluding hydrogens is 436 g/mol. The van der Waals surface area contributed by atoms with Crippen LogP contribution in [0.1, 0.15) is 48.4 Å². The number of rotatable bonds is 9. The van der Waals surface area contributed by atoms with Gasteiger partial charge in [-0.2, -0.15) is 0 Å². The highest BCUT2D eigenvalue weighted by molar-refractivity contribution is 7.09. The highest BCUT2D eigenvalue weighted by Gasteiger charge is 2.46. The first kappa shape index (κ1) is 22.7. The number of hydrogen-bond donors (Lipinski definition) is 1. The van der Waals surface area contributed by atoms with E-state index in [1.165, 1.54) is 16.2 Å². The van der Waals surface area contributed by atoms with Gasteiger partial charge in [-0.15, -0.1) is 11.3 Å². The Morgan fingerprint density at radius 2 is 1.91 bits per heavy atom. The smallest absolute Gasteiger partial charge is 0.296 e. The average molecular weight is 463 g/mol. The lowest BCUT2D eigenvalue weighted by molar-refractivity contribution is -0.140. The molecule has 0 spiro atoms. The number of Topliss-reactive ketones (excluding diaryl/α,β-unsaturated/α-hetero) is 1. The van der Waals surface area contributed by atoms with E-state index in [4.69, 9.17) is 4.74 Å². The number of hydrogen-bond acceptors (Lipinski definition) is 6. The Hall–Kier alpha value is -3.45. The summed E-state index contributed by atoms with van der Waals surface area (Å²) >= 11 is 1.51. The van der Waals surface area contributed by atoms with Crippen molar-refractivity contribution in [2.45, 2.75) is 38.8 Å². The van der Waals surface area contributed by atoms with Gasteiger partial charge in [-0.3, -0.25) is 14.6 Å². The molecule has 0 radical (unpaired) electrons. The normalized spacial score (nSPS) is 17.5. The molecule has 1 aliphatic heterocycles. The number of nitrogens with zero attached hydrogens (tertiary/aromatic N) is 2. The maximum Gasteiger partial charge on any atom is 0.296 e. The molecule has 7 heteroatoms. The molecule has 3 heterocycles. The van der Waals surface area contributed by atoms with Gasteiger partial charge in [0.2, 0.25) is 0 Å². The molecule has 1 aromatic carbocycles. The van der Waals surface area contributed by atoms with Gasteiger partial charge in [-0.05, 0) is 54.3 Å². The lowest BCUT2D eigenvalue weighted by atomic mass is 9.98. The Balaban J connectivity index is 1.67. The maximum absolute atomic E-state index is 13.1. The molecule has 4 rings (SSSR count). The first-order valence-corrected chi connectivity index (χ1v) is 11.9. The molecule has 2 aromatic heterocycles. The van der Waals surface area contributed by atoms with Crippen molar-refractivity contribution in [3.8, 4) is 5.75 Å². The van der Waals surface area contributed by atoms with Crippen LogP contribution in [0.3, 0.4) is 0 Å². The predicted octanol–water partition coefficient (Wildman–Crippen LogP) is 5.33. The summed E-state index contributed by atoms with van der Waals surface area (Å²) in [6.07, 6.45) is 4.83. The van der Waals surface area contributed by atoms with E-state index in [0.717, 1.165) is 24.1 Å². The molecule has 1 unspecified atom stereocenters. The summed E-state index contributed by atoms with van der Waals surface area (Å²) in [5.74, 6) is -0.867. The molecule has 1 atom stereocenters. The van der Waals surface area contributed by atoms with Crippen LogP contribution in [0.2, 0.25) is 0 Å². The van der Waals surface area contributed by atoms with Crippen LogP contribution in [0.4, 0.5) is 0 Å². The van der Waals surface area contributed by atoms with Crippen molar-refractivity contribution < 1.29 is 19.4 Å². The number of aliphatic hydroxyl groups excluding tert-OH is 1. The Bertz CT molecular complexity index is 1120. The zero-order chi connectivity index (χ0) is 23.2. The highest BCUT2D eigenvalue weighted by Crippen LogP contribution is 2.40. The second kappa shape index (κ2) is 10.4. The number of ketones is 1. The number of carbonyl (C=O) groups is 2. The monoisotopic (exact) mass is 462 g/mol. The predicted molar refractivity (Wildman–Crippen MR) is 128 cm³/mol. The van der Waals surface area contributed by atoms with E-state index in [2.05, 4.69) is 11.9 Å². The fraction of sp³-hybridized carbons (Fsp3) is 0.269. The summed E-state index contributed by atoms with van der Waals surface area (Å²) in [7, 11) is 0. The van der Waals surface area contributed by atoms with Crippen LogP contribution in [0.25, 0.3) is 5.76 Å². The van der Waals surface area contributed by atoms with E-state index >= 15 is 0 Å². The van der Waals surface area contributed by atoms with Crippen molar-refractivity contribution >= 4 is 28.8 Å². The second-order valence-electron chi connectivity index (χ2n) is 7.84. The Morgan fingerprint density at radius 3 is 2.58 bits per heavy atom. The quantitative estimate of drug-likeness (QED) is 0.201. The number of benzene rings is 1. The van der Waals surface area contributed by atoms with Crippen LogP contribution in [0, 0.1) is 0 Å². The van der Waals surface area contributed by atoms with E-state index in [0.29, 0.717) is 23.6 Å². The molecule has 1 aliphatic rings. The molecule has 1 fully saturated rings.